The summed E-state index contributed by atoms with van der Waals surface area (Å²) in [4.78, 5) is 13.6. The molecule has 1 aromatic carbocycles. The van der Waals surface area contributed by atoms with Crippen molar-refractivity contribution in [2.75, 3.05) is 57.0 Å². The highest BCUT2D eigenvalue weighted by Gasteiger charge is 2.56. The van der Waals surface area contributed by atoms with E-state index >= 15 is 0 Å². The molecule has 34 heavy (non-hydrogen) atoms. The zero-order valence-corrected chi connectivity index (χ0v) is 21.3. The van der Waals surface area contributed by atoms with E-state index in [4.69, 9.17) is 16.3 Å². The Morgan fingerprint density at radius 3 is 2.32 bits per heavy atom. The summed E-state index contributed by atoms with van der Waals surface area (Å²) in [7, 11) is -3.11. The third-order valence-corrected chi connectivity index (χ3v) is 8.99. The van der Waals surface area contributed by atoms with Crippen molar-refractivity contribution in [2.45, 2.75) is 19.9 Å². The number of hydrogen-bond acceptors (Lipinski definition) is 7. The molecule has 1 saturated carbocycles. The van der Waals surface area contributed by atoms with E-state index in [-0.39, 0.29) is 0 Å². The molecule has 3 atom stereocenters. The second kappa shape index (κ2) is 9.60. The summed E-state index contributed by atoms with van der Waals surface area (Å²) >= 11 is 6.53. The van der Waals surface area contributed by atoms with Gasteiger partial charge in [0.1, 0.15) is 5.75 Å². The molecule has 0 radical (unpaired) electrons. The molecule has 0 spiro atoms. The summed E-state index contributed by atoms with van der Waals surface area (Å²) in [5, 5.41) is 0.629. The Hall–Kier alpha value is -1.94. The minimum atomic E-state index is -3.11. The maximum atomic E-state index is 11.7. The standard InChI is InChI=1S/C24H32ClN5O3S/c1-3-17-11-26-24(27-12-17)29-14-19-20(15-29)21(19)16-33-23-5-4-18(10-22(23)25)13-28-6-8-30(9-7-28)34(2,31)32/h4-5,10-12,19-21H,3,6-9,13-16H2,1-2H3/t19-,20?,21?/m1/s1. The van der Waals surface area contributed by atoms with Crippen molar-refractivity contribution < 1.29 is 13.2 Å². The van der Waals surface area contributed by atoms with Gasteiger partial charge in [-0.05, 0) is 41.5 Å². The normalized spacial score (nSPS) is 25.4. The molecule has 3 fully saturated rings. The van der Waals surface area contributed by atoms with E-state index in [1.54, 1.807) is 0 Å². The first kappa shape index (κ1) is 23.8. The lowest BCUT2D eigenvalue weighted by Crippen LogP contribution is -2.47. The van der Waals surface area contributed by atoms with Crippen LogP contribution in [0.15, 0.2) is 30.6 Å². The molecule has 2 unspecified atom stereocenters. The van der Waals surface area contributed by atoms with Gasteiger partial charge in [0.2, 0.25) is 16.0 Å². The Morgan fingerprint density at radius 2 is 1.74 bits per heavy atom. The van der Waals surface area contributed by atoms with Crippen LogP contribution in [-0.4, -0.2) is 79.7 Å². The SMILES string of the molecule is CCc1cnc(N2CC3C(COc4ccc(CN5CCN(S(C)(=O)=O)CC5)cc4Cl)[C@@H]3C2)nc1. The lowest BCUT2D eigenvalue weighted by Gasteiger charge is -2.33. The molecule has 0 N–H and O–H groups in total. The summed E-state index contributed by atoms with van der Waals surface area (Å²) in [6.07, 6.45) is 6.07. The number of ether oxygens (including phenoxy) is 1. The Morgan fingerprint density at radius 1 is 1.06 bits per heavy atom. The van der Waals surface area contributed by atoms with Crippen molar-refractivity contribution in [2.24, 2.45) is 17.8 Å². The molecular formula is C24H32ClN5O3S. The largest absolute Gasteiger partial charge is 0.492 e. The van der Waals surface area contributed by atoms with Crippen molar-refractivity contribution >= 4 is 27.6 Å². The van der Waals surface area contributed by atoms with Gasteiger partial charge in [0.05, 0.1) is 17.9 Å². The fourth-order valence-corrected chi connectivity index (χ4v) is 6.26. The summed E-state index contributed by atoms with van der Waals surface area (Å²) in [6.45, 7) is 8.03. The second-order valence-electron chi connectivity index (χ2n) is 9.66. The average molecular weight is 506 g/mol. The van der Waals surface area contributed by atoms with Crippen LogP contribution >= 0.6 is 11.6 Å². The number of fused-ring (bicyclic) bond motifs is 1. The predicted molar refractivity (Wildman–Crippen MR) is 133 cm³/mol. The van der Waals surface area contributed by atoms with Gasteiger partial charge >= 0.3 is 0 Å². The van der Waals surface area contributed by atoms with E-state index in [9.17, 15) is 8.42 Å². The Labute approximate surface area is 206 Å². The minimum Gasteiger partial charge on any atom is -0.492 e. The Balaban J connectivity index is 1.08. The zero-order chi connectivity index (χ0) is 23.9. The lowest BCUT2D eigenvalue weighted by molar-refractivity contribution is 0.182. The monoisotopic (exact) mass is 505 g/mol. The maximum absolute atomic E-state index is 11.7. The number of hydrogen-bond donors (Lipinski definition) is 0. The highest BCUT2D eigenvalue weighted by Crippen LogP contribution is 2.52. The number of aromatic nitrogens is 2. The molecule has 8 nitrogen and oxygen atoms in total. The molecule has 10 heteroatoms. The third-order valence-electron chi connectivity index (χ3n) is 7.39. The number of halogens is 1. The van der Waals surface area contributed by atoms with E-state index in [1.807, 2.05) is 24.5 Å². The molecule has 2 aromatic rings. The molecule has 2 aliphatic heterocycles. The predicted octanol–water partition coefficient (Wildman–Crippen LogP) is 2.53. The van der Waals surface area contributed by atoms with Crippen LogP contribution in [0.3, 0.4) is 0 Å². The molecule has 184 valence electrons. The third kappa shape index (κ3) is 5.17. The molecular weight excluding hydrogens is 474 g/mol. The average Bonchev–Trinajstić information content (AvgIpc) is 3.26. The van der Waals surface area contributed by atoms with Crippen molar-refractivity contribution in [3.63, 3.8) is 0 Å². The van der Waals surface area contributed by atoms with Gasteiger partial charge in [-0.1, -0.05) is 24.6 Å². The van der Waals surface area contributed by atoms with Crippen LogP contribution in [0.2, 0.25) is 5.02 Å². The molecule has 0 amide bonds. The first-order valence-electron chi connectivity index (χ1n) is 12.0. The number of piperidine rings is 1. The van der Waals surface area contributed by atoms with Gasteiger partial charge in [-0.3, -0.25) is 4.90 Å². The van der Waals surface area contributed by atoms with Crippen LogP contribution in [-0.2, 0) is 23.0 Å². The molecule has 5 rings (SSSR count). The van der Waals surface area contributed by atoms with E-state index in [0.29, 0.717) is 42.5 Å². The summed E-state index contributed by atoms with van der Waals surface area (Å²) < 4.78 is 31.0. The summed E-state index contributed by atoms with van der Waals surface area (Å²) in [5.74, 6) is 3.40. The highest BCUT2D eigenvalue weighted by atomic mass is 35.5. The van der Waals surface area contributed by atoms with Crippen LogP contribution in [0.5, 0.6) is 5.75 Å². The number of nitrogens with zero attached hydrogens (tertiary/aromatic N) is 5. The van der Waals surface area contributed by atoms with Crippen molar-refractivity contribution in [3.05, 3.63) is 46.7 Å². The molecule has 3 aliphatic rings. The molecule has 3 heterocycles. The van der Waals surface area contributed by atoms with Gasteiger partial charge in [0.15, 0.2) is 0 Å². The van der Waals surface area contributed by atoms with Crippen molar-refractivity contribution in [1.82, 2.24) is 19.2 Å². The number of aryl methyl sites for hydroxylation is 1. The zero-order valence-electron chi connectivity index (χ0n) is 19.7. The Kier molecular flexibility index (Phi) is 6.72. The summed E-state index contributed by atoms with van der Waals surface area (Å²) in [5.41, 5.74) is 2.27. The first-order valence-corrected chi connectivity index (χ1v) is 14.2. The fraction of sp³-hybridized carbons (Fsp3) is 0.583. The van der Waals surface area contributed by atoms with Gasteiger partial charge in [-0.15, -0.1) is 0 Å². The highest BCUT2D eigenvalue weighted by molar-refractivity contribution is 7.88. The van der Waals surface area contributed by atoms with Gasteiger partial charge in [0.25, 0.3) is 0 Å². The van der Waals surface area contributed by atoms with Crippen LogP contribution in [0.25, 0.3) is 0 Å². The van der Waals surface area contributed by atoms with E-state index < -0.39 is 10.0 Å². The van der Waals surface area contributed by atoms with Crippen LogP contribution < -0.4 is 9.64 Å². The number of piperazine rings is 1. The number of rotatable bonds is 8. The molecule has 1 aromatic heterocycles. The van der Waals surface area contributed by atoms with Crippen molar-refractivity contribution in [3.8, 4) is 5.75 Å². The first-order chi connectivity index (χ1) is 16.3. The molecule has 0 bridgehead atoms. The quantitative estimate of drug-likeness (QED) is 0.545. The lowest BCUT2D eigenvalue weighted by atomic mass is 10.2. The van der Waals surface area contributed by atoms with Gasteiger partial charge in [0, 0.05) is 64.1 Å². The maximum Gasteiger partial charge on any atom is 0.225 e. The van der Waals surface area contributed by atoms with Gasteiger partial charge in [-0.2, -0.15) is 4.31 Å². The van der Waals surface area contributed by atoms with Crippen LogP contribution in [0, 0.1) is 17.8 Å². The Bertz CT molecular complexity index is 1110. The second-order valence-corrected chi connectivity index (χ2v) is 12.0. The van der Waals surface area contributed by atoms with E-state index in [2.05, 4.69) is 32.8 Å². The summed E-state index contributed by atoms with van der Waals surface area (Å²) in [6, 6.07) is 5.97. The van der Waals surface area contributed by atoms with Crippen LogP contribution in [0.1, 0.15) is 18.1 Å². The van der Waals surface area contributed by atoms with Crippen LogP contribution in [0.4, 0.5) is 5.95 Å². The molecule has 1 aliphatic carbocycles. The van der Waals surface area contributed by atoms with Gasteiger partial charge < -0.3 is 9.64 Å². The topological polar surface area (TPSA) is 78.9 Å². The fourth-order valence-electron chi connectivity index (χ4n) is 5.18. The number of anilines is 1. The van der Waals surface area contributed by atoms with E-state index in [1.165, 1.54) is 10.6 Å². The molecule has 2 saturated heterocycles. The van der Waals surface area contributed by atoms with E-state index in [0.717, 1.165) is 62.0 Å². The minimum absolute atomic E-state index is 0.533. The number of sulfonamides is 1. The van der Waals surface area contributed by atoms with Crippen molar-refractivity contribution in [1.29, 1.82) is 0 Å². The number of benzene rings is 1. The smallest absolute Gasteiger partial charge is 0.225 e. The van der Waals surface area contributed by atoms with Gasteiger partial charge in [-0.25, -0.2) is 18.4 Å².